The normalized spacial score (nSPS) is 18.4. The fourth-order valence-electron chi connectivity index (χ4n) is 3.87. The van der Waals surface area contributed by atoms with Gasteiger partial charge in [-0.05, 0) is 37.6 Å². The molecule has 2 unspecified atom stereocenters. The van der Waals surface area contributed by atoms with Gasteiger partial charge in [-0.25, -0.2) is 8.78 Å². The van der Waals surface area contributed by atoms with Crippen molar-refractivity contribution < 1.29 is 13.6 Å². The number of carbonyl (C=O) groups excluding carboxylic acids is 1. The van der Waals surface area contributed by atoms with Crippen molar-refractivity contribution in [2.75, 3.05) is 31.5 Å². The Balaban J connectivity index is 1.57. The first-order valence-electron chi connectivity index (χ1n) is 9.75. The zero-order valence-corrected chi connectivity index (χ0v) is 16.4. The van der Waals surface area contributed by atoms with E-state index in [4.69, 9.17) is 0 Å². The Morgan fingerprint density at radius 3 is 2.54 bits per heavy atom. The summed E-state index contributed by atoms with van der Waals surface area (Å²) in [5, 5.41) is 2.60. The summed E-state index contributed by atoms with van der Waals surface area (Å²) in [6.45, 7) is 7.05. The zero-order chi connectivity index (χ0) is 20.1. The number of amides is 1. The van der Waals surface area contributed by atoms with E-state index >= 15 is 0 Å². The van der Waals surface area contributed by atoms with Crippen LogP contribution in [0.2, 0.25) is 0 Å². The molecule has 0 radical (unpaired) electrons. The standard InChI is InChI=1S/C22H27F2N3O/c1-3-26(15-22(28)25-20-12-18(23)11-19(24)13-20)21-9-10-27(14-21)16(2)17-7-5-4-6-8-17/h4-8,11-13,16,21H,3,9-10,14-15H2,1-2H3,(H,25,28). The van der Waals surface area contributed by atoms with Gasteiger partial charge in [0.25, 0.3) is 0 Å². The molecule has 1 amide bonds. The van der Waals surface area contributed by atoms with Crippen molar-refractivity contribution in [3.8, 4) is 0 Å². The average Bonchev–Trinajstić information content (AvgIpc) is 3.15. The Morgan fingerprint density at radius 1 is 1.21 bits per heavy atom. The molecule has 0 spiro atoms. The summed E-state index contributed by atoms with van der Waals surface area (Å²) in [4.78, 5) is 16.9. The molecule has 3 rings (SSSR count). The van der Waals surface area contributed by atoms with Crippen molar-refractivity contribution in [3.63, 3.8) is 0 Å². The lowest BCUT2D eigenvalue weighted by Crippen LogP contribution is -2.42. The predicted octanol–water partition coefficient (Wildman–Crippen LogP) is 4.06. The van der Waals surface area contributed by atoms with Crippen LogP contribution >= 0.6 is 0 Å². The minimum absolute atomic E-state index is 0.143. The van der Waals surface area contributed by atoms with Gasteiger partial charge in [0, 0.05) is 36.9 Å². The van der Waals surface area contributed by atoms with E-state index in [9.17, 15) is 13.6 Å². The molecular weight excluding hydrogens is 360 g/mol. The lowest BCUT2D eigenvalue weighted by molar-refractivity contribution is -0.117. The third kappa shape index (κ3) is 5.14. The minimum atomic E-state index is -0.705. The number of nitrogens with zero attached hydrogens (tertiary/aromatic N) is 2. The molecule has 28 heavy (non-hydrogen) atoms. The van der Waals surface area contributed by atoms with Gasteiger partial charge in [-0.1, -0.05) is 37.3 Å². The molecule has 0 saturated carbocycles. The number of rotatable bonds is 7. The van der Waals surface area contributed by atoms with Crippen molar-refractivity contribution in [1.29, 1.82) is 0 Å². The Labute approximate surface area is 165 Å². The van der Waals surface area contributed by atoms with E-state index in [2.05, 4.69) is 46.3 Å². The van der Waals surface area contributed by atoms with Gasteiger partial charge in [-0.15, -0.1) is 0 Å². The van der Waals surface area contributed by atoms with Gasteiger partial charge in [-0.2, -0.15) is 0 Å². The van der Waals surface area contributed by atoms with Crippen LogP contribution in [0.4, 0.5) is 14.5 Å². The van der Waals surface area contributed by atoms with Crippen LogP contribution in [0.25, 0.3) is 0 Å². The maximum Gasteiger partial charge on any atom is 0.238 e. The minimum Gasteiger partial charge on any atom is -0.325 e. The lowest BCUT2D eigenvalue weighted by Gasteiger charge is -2.29. The van der Waals surface area contributed by atoms with Gasteiger partial charge in [0.05, 0.1) is 6.54 Å². The number of anilines is 1. The molecule has 150 valence electrons. The Kier molecular flexibility index (Phi) is 6.75. The number of benzene rings is 2. The van der Waals surface area contributed by atoms with E-state index in [1.165, 1.54) is 5.56 Å². The molecule has 1 N–H and O–H groups in total. The van der Waals surface area contributed by atoms with Gasteiger partial charge in [0.1, 0.15) is 11.6 Å². The van der Waals surface area contributed by atoms with Crippen LogP contribution in [-0.4, -0.2) is 47.9 Å². The maximum atomic E-state index is 13.3. The summed E-state index contributed by atoms with van der Waals surface area (Å²) in [6, 6.07) is 14.0. The largest absolute Gasteiger partial charge is 0.325 e. The van der Waals surface area contributed by atoms with Crippen molar-refractivity contribution in [2.45, 2.75) is 32.4 Å². The molecule has 6 heteroatoms. The third-order valence-electron chi connectivity index (χ3n) is 5.44. The van der Waals surface area contributed by atoms with Crippen LogP contribution < -0.4 is 5.32 Å². The second-order valence-corrected chi connectivity index (χ2v) is 7.29. The molecule has 1 fully saturated rings. The second kappa shape index (κ2) is 9.26. The number of carbonyl (C=O) groups is 1. The number of halogens is 2. The van der Waals surface area contributed by atoms with E-state index in [0.717, 1.165) is 44.3 Å². The molecule has 0 aromatic heterocycles. The second-order valence-electron chi connectivity index (χ2n) is 7.29. The Hall–Kier alpha value is -2.31. The van der Waals surface area contributed by atoms with Crippen molar-refractivity contribution >= 4 is 11.6 Å². The quantitative estimate of drug-likeness (QED) is 0.778. The first-order valence-corrected chi connectivity index (χ1v) is 9.75. The molecule has 1 heterocycles. The number of likely N-dealkylation sites (tertiary alicyclic amines) is 1. The monoisotopic (exact) mass is 387 g/mol. The van der Waals surface area contributed by atoms with Crippen LogP contribution in [0, 0.1) is 11.6 Å². The fourth-order valence-corrected chi connectivity index (χ4v) is 3.87. The molecule has 1 aliphatic rings. The molecule has 1 saturated heterocycles. The van der Waals surface area contributed by atoms with Gasteiger partial charge in [0.2, 0.25) is 5.91 Å². The first kappa shape index (κ1) is 20.4. The summed E-state index contributed by atoms with van der Waals surface area (Å²) in [6.07, 6.45) is 0.993. The van der Waals surface area contributed by atoms with Crippen molar-refractivity contribution in [1.82, 2.24) is 9.80 Å². The molecular formula is C22H27F2N3O. The van der Waals surface area contributed by atoms with Gasteiger partial charge in [0.15, 0.2) is 0 Å². The summed E-state index contributed by atoms with van der Waals surface area (Å²) >= 11 is 0. The van der Waals surface area contributed by atoms with E-state index in [1.807, 2.05) is 13.0 Å². The highest BCUT2D eigenvalue weighted by molar-refractivity contribution is 5.92. The smallest absolute Gasteiger partial charge is 0.238 e. The Bertz CT molecular complexity index is 779. The predicted molar refractivity (Wildman–Crippen MR) is 107 cm³/mol. The molecule has 4 nitrogen and oxygen atoms in total. The van der Waals surface area contributed by atoms with E-state index in [0.29, 0.717) is 6.04 Å². The van der Waals surface area contributed by atoms with E-state index in [1.54, 1.807) is 0 Å². The molecule has 1 aliphatic heterocycles. The van der Waals surface area contributed by atoms with Crippen molar-refractivity contribution in [3.05, 3.63) is 65.7 Å². The van der Waals surface area contributed by atoms with Crippen LogP contribution in [0.5, 0.6) is 0 Å². The molecule has 0 bridgehead atoms. The molecule has 2 atom stereocenters. The highest BCUT2D eigenvalue weighted by Gasteiger charge is 2.30. The summed E-state index contributed by atoms with van der Waals surface area (Å²) in [7, 11) is 0. The fraction of sp³-hybridized carbons (Fsp3) is 0.409. The summed E-state index contributed by atoms with van der Waals surface area (Å²) in [5.74, 6) is -1.67. The summed E-state index contributed by atoms with van der Waals surface area (Å²) in [5.41, 5.74) is 1.43. The zero-order valence-electron chi connectivity index (χ0n) is 16.4. The van der Waals surface area contributed by atoms with Crippen LogP contribution in [0.15, 0.2) is 48.5 Å². The average molecular weight is 387 g/mol. The number of hydrogen-bond donors (Lipinski definition) is 1. The summed E-state index contributed by atoms with van der Waals surface area (Å²) < 4.78 is 26.6. The Morgan fingerprint density at radius 2 is 1.89 bits per heavy atom. The number of likely N-dealkylation sites (N-methyl/N-ethyl adjacent to an activating group) is 1. The topological polar surface area (TPSA) is 35.6 Å². The van der Waals surface area contributed by atoms with Gasteiger partial charge in [-0.3, -0.25) is 14.6 Å². The first-order chi connectivity index (χ1) is 13.5. The van der Waals surface area contributed by atoms with Crippen LogP contribution in [0.1, 0.15) is 31.9 Å². The highest BCUT2D eigenvalue weighted by atomic mass is 19.1. The van der Waals surface area contributed by atoms with Crippen LogP contribution in [-0.2, 0) is 4.79 Å². The number of nitrogens with one attached hydrogen (secondary N) is 1. The van der Waals surface area contributed by atoms with E-state index in [-0.39, 0.29) is 24.2 Å². The van der Waals surface area contributed by atoms with E-state index < -0.39 is 11.6 Å². The SMILES string of the molecule is CCN(CC(=O)Nc1cc(F)cc(F)c1)C1CCN(C(C)c2ccccc2)C1. The number of hydrogen-bond acceptors (Lipinski definition) is 3. The van der Waals surface area contributed by atoms with Gasteiger partial charge < -0.3 is 5.32 Å². The highest BCUT2D eigenvalue weighted by Crippen LogP contribution is 2.26. The molecule has 2 aromatic carbocycles. The lowest BCUT2D eigenvalue weighted by atomic mass is 10.1. The third-order valence-corrected chi connectivity index (χ3v) is 5.44. The van der Waals surface area contributed by atoms with Crippen molar-refractivity contribution in [2.24, 2.45) is 0 Å². The molecule has 2 aromatic rings. The maximum absolute atomic E-state index is 13.3. The molecule has 0 aliphatic carbocycles. The van der Waals surface area contributed by atoms with Crippen LogP contribution in [0.3, 0.4) is 0 Å². The van der Waals surface area contributed by atoms with Gasteiger partial charge >= 0.3 is 0 Å².